The highest BCUT2D eigenvalue weighted by molar-refractivity contribution is 5.94. The van der Waals surface area contributed by atoms with Gasteiger partial charge >= 0.3 is 0 Å². The van der Waals surface area contributed by atoms with E-state index < -0.39 is 0 Å². The van der Waals surface area contributed by atoms with Gasteiger partial charge in [-0.2, -0.15) is 5.10 Å². The first-order valence-electron chi connectivity index (χ1n) is 10.6. The molecular formula is C24H29N4O3+. The van der Waals surface area contributed by atoms with Crippen molar-refractivity contribution in [1.82, 2.24) is 15.1 Å². The summed E-state index contributed by atoms with van der Waals surface area (Å²) in [5.41, 5.74) is 4.11. The van der Waals surface area contributed by atoms with Crippen molar-refractivity contribution in [3.8, 4) is 22.7 Å². The molecule has 0 atom stereocenters. The molecule has 1 fully saturated rings. The van der Waals surface area contributed by atoms with Gasteiger partial charge in [0.15, 0.2) is 0 Å². The molecular weight excluding hydrogens is 392 g/mol. The van der Waals surface area contributed by atoms with E-state index in [-0.39, 0.29) is 5.91 Å². The summed E-state index contributed by atoms with van der Waals surface area (Å²) in [6.45, 7) is 7.06. The van der Waals surface area contributed by atoms with Gasteiger partial charge in [0.1, 0.15) is 24.5 Å². The van der Waals surface area contributed by atoms with Gasteiger partial charge in [0.2, 0.25) is 0 Å². The lowest BCUT2D eigenvalue weighted by molar-refractivity contribution is -0.906. The molecule has 7 heteroatoms. The van der Waals surface area contributed by atoms with Crippen LogP contribution in [0.1, 0.15) is 16.1 Å². The van der Waals surface area contributed by atoms with E-state index in [1.807, 2.05) is 61.5 Å². The number of morpholine rings is 1. The summed E-state index contributed by atoms with van der Waals surface area (Å²) in [6.07, 6.45) is 0. The summed E-state index contributed by atoms with van der Waals surface area (Å²) < 4.78 is 12.5. The Morgan fingerprint density at radius 1 is 1.16 bits per heavy atom. The maximum atomic E-state index is 13.1. The minimum Gasteiger partial charge on any atom is -0.497 e. The summed E-state index contributed by atoms with van der Waals surface area (Å²) in [7, 11) is 1.64. The summed E-state index contributed by atoms with van der Waals surface area (Å²) in [6, 6.07) is 17.5. The minimum atomic E-state index is -0.129. The van der Waals surface area contributed by atoms with Crippen molar-refractivity contribution in [2.45, 2.75) is 6.92 Å². The Morgan fingerprint density at radius 3 is 2.74 bits per heavy atom. The van der Waals surface area contributed by atoms with Crippen molar-refractivity contribution in [3.63, 3.8) is 0 Å². The van der Waals surface area contributed by atoms with E-state index in [2.05, 4.69) is 5.32 Å². The zero-order chi connectivity index (χ0) is 21.6. The number of hydrogen-bond donors (Lipinski definition) is 2. The van der Waals surface area contributed by atoms with Gasteiger partial charge in [0, 0.05) is 5.56 Å². The first kappa shape index (κ1) is 21.1. The van der Waals surface area contributed by atoms with Crippen LogP contribution in [0, 0.1) is 6.92 Å². The second kappa shape index (κ2) is 9.76. The molecule has 31 heavy (non-hydrogen) atoms. The van der Waals surface area contributed by atoms with Crippen LogP contribution in [0.4, 0.5) is 0 Å². The van der Waals surface area contributed by atoms with Crippen LogP contribution in [-0.4, -0.2) is 62.2 Å². The number of nitrogens with one attached hydrogen (secondary N) is 2. The van der Waals surface area contributed by atoms with E-state index in [1.54, 1.807) is 11.8 Å². The summed E-state index contributed by atoms with van der Waals surface area (Å²) in [5.74, 6) is 0.623. The molecule has 1 amide bonds. The third-order valence-electron chi connectivity index (χ3n) is 5.52. The number of ether oxygens (including phenoxy) is 2. The van der Waals surface area contributed by atoms with Gasteiger partial charge in [-0.25, -0.2) is 4.68 Å². The quantitative estimate of drug-likeness (QED) is 0.607. The number of hydrogen-bond acceptors (Lipinski definition) is 4. The van der Waals surface area contributed by atoms with E-state index in [0.717, 1.165) is 61.1 Å². The number of aryl methyl sites for hydroxylation is 1. The fourth-order valence-electron chi connectivity index (χ4n) is 3.78. The third-order valence-corrected chi connectivity index (χ3v) is 5.52. The molecule has 1 aliphatic heterocycles. The van der Waals surface area contributed by atoms with Crippen LogP contribution in [0.5, 0.6) is 5.75 Å². The summed E-state index contributed by atoms with van der Waals surface area (Å²) >= 11 is 0. The Kier molecular flexibility index (Phi) is 6.64. The Morgan fingerprint density at radius 2 is 1.97 bits per heavy atom. The molecule has 2 heterocycles. The second-order valence-corrected chi connectivity index (χ2v) is 7.77. The number of methoxy groups -OCH3 is 1. The predicted molar refractivity (Wildman–Crippen MR) is 119 cm³/mol. The van der Waals surface area contributed by atoms with Gasteiger partial charge in [-0.15, -0.1) is 0 Å². The maximum absolute atomic E-state index is 13.1. The SMILES string of the molecule is COc1cccc(-c2cc(C(=O)NCC[NH+]3CCOCC3)n(-c3cccc(C)c3)n2)c1. The highest BCUT2D eigenvalue weighted by Crippen LogP contribution is 2.25. The molecule has 7 nitrogen and oxygen atoms in total. The van der Waals surface area contributed by atoms with Crippen LogP contribution in [0.3, 0.4) is 0 Å². The van der Waals surface area contributed by atoms with E-state index in [0.29, 0.717) is 12.2 Å². The topological polar surface area (TPSA) is 69.8 Å². The largest absolute Gasteiger partial charge is 0.497 e. The molecule has 0 radical (unpaired) electrons. The third kappa shape index (κ3) is 5.13. The molecule has 3 aromatic rings. The zero-order valence-corrected chi connectivity index (χ0v) is 18.1. The average molecular weight is 422 g/mol. The maximum Gasteiger partial charge on any atom is 0.270 e. The number of amides is 1. The number of aromatic nitrogens is 2. The molecule has 1 aromatic heterocycles. The number of quaternary nitrogens is 1. The van der Waals surface area contributed by atoms with Crippen molar-refractivity contribution < 1.29 is 19.2 Å². The van der Waals surface area contributed by atoms with E-state index in [4.69, 9.17) is 14.6 Å². The van der Waals surface area contributed by atoms with Gasteiger partial charge < -0.3 is 19.7 Å². The smallest absolute Gasteiger partial charge is 0.270 e. The Bertz CT molecular complexity index is 1040. The minimum absolute atomic E-state index is 0.129. The van der Waals surface area contributed by atoms with Gasteiger partial charge in [-0.05, 0) is 42.8 Å². The molecule has 0 bridgehead atoms. The molecule has 0 aliphatic carbocycles. The van der Waals surface area contributed by atoms with Crippen LogP contribution in [0.25, 0.3) is 16.9 Å². The van der Waals surface area contributed by atoms with Crippen molar-refractivity contribution in [2.24, 2.45) is 0 Å². The number of benzene rings is 2. The first-order valence-corrected chi connectivity index (χ1v) is 10.6. The average Bonchev–Trinajstić information content (AvgIpc) is 3.26. The Labute approximate surface area is 182 Å². The summed E-state index contributed by atoms with van der Waals surface area (Å²) in [5, 5.41) is 7.84. The van der Waals surface area contributed by atoms with Gasteiger partial charge in [-0.3, -0.25) is 4.79 Å². The number of carbonyl (C=O) groups is 1. The van der Waals surface area contributed by atoms with Gasteiger partial charge in [0.05, 0.1) is 44.8 Å². The lowest BCUT2D eigenvalue weighted by Crippen LogP contribution is -3.14. The number of nitrogens with zero attached hydrogens (tertiary/aromatic N) is 2. The Balaban J connectivity index is 1.59. The molecule has 2 N–H and O–H groups in total. The molecule has 0 spiro atoms. The van der Waals surface area contributed by atoms with E-state index >= 15 is 0 Å². The second-order valence-electron chi connectivity index (χ2n) is 7.77. The van der Waals surface area contributed by atoms with Crippen molar-refractivity contribution in [3.05, 3.63) is 65.9 Å². The fourth-order valence-corrected chi connectivity index (χ4v) is 3.78. The van der Waals surface area contributed by atoms with Crippen molar-refractivity contribution in [2.75, 3.05) is 46.5 Å². The lowest BCUT2D eigenvalue weighted by atomic mass is 10.1. The molecule has 4 rings (SSSR count). The predicted octanol–water partition coefficient (Wildman–Crippen LogP) is 1.50. The van der Waals surface area contributed by atoms with E-state index in [1.165, 1.54) is 4.90 Å². The number of carbonyl (C=O) groups excluding carboxylic acids is 1. The van der Waals surface area contributed by atoms with Crippen molar-refractivity contribution >= 4 is 5.91 Å². The van der Waals surface area contributed by atoms with Crippen LogP contribution < -0.4 is 15.0 Å². The van der Waals surface area contributed by atoms with Gasteiger partial charge in [0.25, 0.3) is 5.91 Å². The molecule has 0 saturated carbocycles. The zero-order valence-electron chi connectivity index (χ0n) is 18.1. The van der Waals surface area contributed by atoms with Crippen LogP contribution in [0.15, 0.2) is 54.6 Å². The van der Waals surface area contributed by atoms with Crippen LogP contribution in [-0.2, 0) is 4.74 Å². The first-order chi connectivity index (χ1) is 15.1. The van der Waals surface area contributed by atoms with Crippen LogP contribution >= 0.6 is 0 Å². The van der Waals surface area contributed by atoms with Crippen molar-refractivity contribution in [1.29, 1.82) is 0 Å². The standard InChI is InChI=1S/C24H28N4O3/c1-18-5-3-7-20(15-18)28-23(24(29)25-9-10-27-11-13-31-14-12-27)17-22(26-28)19-6-4-8-21(16-19)30-2/h3-8,15-17H,9-14H2,1-2H3,(H,25,29)/p+1. The van der Waals surface area contributed by atoms with Gasteiger partial charge in [-0.1, -0.05) is 24.3 Å². The lowest BCUT2D eigenvalue weighted by Gasteiger charge is -2.23. The molecule has 2 aromatic carbocycles. The molecule has 0 unspecified atom stereocenters. The highest BCUT2D eigenvalue weighted by Gasteiger charge is 2.19. The fraction of sp³-hybridized carbons (Fsp3) is 0.333. The highest BCUT2D eigenvalue weighted by atomic mass is 16.5. The Hall–Kier alpha value is -3.16. The molecule has 162 valence electrons. The monoisotopic (exact) mass is 421 g/mol. The molecule has 1 aliphatic rings. The van der Waals surface area contributed by atoms with Crippen LogP contribution in [0.2, 0.25) is 0 Å². The normalized spacial score (nSPS) is 14.4. The van der Waals surface area contributed by atoms with E-state index in [9.17, 15) is 4.79 Å². The molecule has 1 saturated heterocycles. The number of rotatable bonds is 7. The summed E-state index contributed by atoms with van der Waals surface area (Å²) in [4.78, 5) is 14.6.